The van der Waals surface area contributed by atoms with Gasteiger partial charge in [0.05, 0.1) is 21.4 Å². The van der Waals surface area contributed by atoms with Gasteiger partial charge in [-0.05, 0) is 56.2 Å². The van der Waals surface area contributed by atoms with E-state index in [4.69, 9.17) is 28.3 Å². The monoisotopic (exact) mass is 535 g/mol. The van der Waals surface area contributed by atoms with E-state index < -0.39 is 0 Å². The molecule has 2 N–H and O–H groups in total. The lowest BCUT2D eigenvalue weighted by atomic mass is 10.1. The molecule has 0 fully saturated rings. The van der Waals surface area contributed by atoms with Crippen LogP contribution in [0.2, 0.25) is 10.0 Å². The van der Waals surface area contributed by atoms with Crippen LogP contribution in [0.5, 0.6) is 0 Å². The summed E-state index contributed by atoms with van der Waals surface area (Å²) < 4.78 is 1.59. The van der Waals surface area contributed by atoms with Gasteiger partial charge >= 0.3 is 6.03 Å². The first kappa shape index (κ1) is 26.3. The van der Waals surface area contributed by atoms with E-state index in [1.165, 1.54) is 4.90 Å². The summed E-state index contributed by atoms with van der Waals surface area (Å²) >= 11 is 12.3. The first-order chi connectivity index (χ1) is 17.8. The number of carbonyl (C=O) groups excluding carboxylic acids is 2. The molecular formula is C28H27Cl2N5O2. The predicted octanol–water partition coefficient (Wildman–Crippen LogP) is 6.96. The van der Waals surface area contributed by atoms with Crippen molar-refractivity contribution < 1.29 is 9.59 Å². The van der Waals surface area contributed by atoms with Crippen molar-refractivity contribution in [2.24, 2.45) is 0 Å². The van der Waals surface area contributed by atoms with Crippen LogP contribution < -0.4 is 10.6 Å². The summed E-state index contributed by atoms with van der Waals surface area (Å²) in [4.78, 5) is 27.5. The van der Waals surface area contributed by atoms with Gasteiger partial charge in [0, 0.05) is 23.9 Å². The van der Waals surface area contributed by atoms with Gasteiger partial charge in [-0.1, -0.05) is 65.7 Å². The van der Waals surface area contributed by atoms with Gasteiger partial charge in [0.25, 0.3) is 0 Å². The molecule has 0 aliphatic carbocycles. The van der Waals surface area contributed by atoms with Gasteiger partial charge in [-0.2, -0.15) is 5.10 Å². The summed E-state index contributed by atoms with van der Waals surface area (Å²) in [6.07, 6.45) is 0. The average Bonchev–Trinajstić information content (AvgIpc) is 3.31. The molecular weight excluding hydrogens is 509 g/mol. The fourth-order valence-corrected chi connectivity index (χ4v) is 4.09. The molecule has 3 amide bonds. The van der Waals surface area contributed by atoms with E-state index in [0.29, 0.717) is 39.5 Å². The molecule has 190 valence electrons. The molecule has 4 rings (SSSR count). The Bertz CT molecular complexity index is 1440. The summed E-state index contributed by atoms with van der Waals surface area (Å²) in [7, 11) is 0. The maximum atomic E-state index is 13.1. The fraction of sp³-hybridized carbons (Fsp3) is 0.179. The Morgan fingerprint density at radius 2 is 1.68 bits per heavy atom. The van der Waals surface area contributed by atoms with Crippen molar-refractivity contribution >= 4 is 46.6 Å². The normalized spacial score (nSPS) is 10.7. The predicted molar refractivity (Wildman–Crippen MR) is 150 cm³/mol. The number of carbonyl (C=O) groups is 2. The fourth-order valence-electron chi connectivity index (χ4n) is 3.80. The SMILES string of the molecule is CCN(CC(=O)Nc1cc(-c2ccccc2)nn1-c1ccc(Cl)c(Cl)c1)C(=O)Nc1cccc(C)c1C. The van der Waals surface area contributed by atoms with Gasteiger partial charge in [-0.25, -0.2) is 9.48 Å². The third-order valence-electron chi connectivity index (χ3n) is 6.04. The highest BCUT2D eigenvalue weighted by Crippen LogP contribution is 2.29. The second-order valence-corrected chi connectivity index (χ2v) is 9.35. The Kier molecular flexibility index (Phi) is 8.16. The van der Waals surface area contributed by atoms with Crippen molar-refractivity contribution in [2.45, 2.75) is 20.8 Å². The summed E-state index contributed by atoms with van der Waals surface area (Å²) in [5.41, 5.74) is 4.96. The minimum Gasteiger partial charge on any atom is -0.315 e. The standard InChI is InChI=1S/C28H27Cl2N5O2/c1-4-34(28(37)31-24-12-8-9-18(2)19(24)3)17-27(36)32-26-16-25(20-10-6-5-7-11-20)33-35(26)21-13-14-22(29)23(30)15-21/h5-16H,4,17H2,1-3H3,(H,31,37)(H,32,36). The molecule has 1 aromatic heterocycles. The van der Waals surface area contributed by atoms with E-state index in [2.05, 4.69) is 10.6 Å². The molecule has 7 nitrogen and oxygen atoms in total. The zero-order valence-electron chi connectivity index (χ0n) is 20.8. The highest BCUT2D eigenvalue weighted by atomic mass is 35.5. The number of anilines is 2. The van der Waals surface area contributed by atoms with Crippen LogP contribution in [-0.2, 0) is 4.79 Å². The van der Waals surface area contributed by atoms with Crippen LogP contribution in [0.4, 0.5) is 16.3 Å². The number of halogens is 2. The van der Waals surface area contributed by atoms with Crippen LogP contribution in [0.1, 0.15) is 18.1 Å². The Labute approximate surface area is 226 Å². The first-order valence-corrected chi connectivity index (χ1v) is 12.5. The van der Waals surface area contributed by atoms with Gasteiger partial charge in [0.1, 0.15) is 12.4 Å². The molecule has 9 heteroatoms. The van der Waals surface area contributed by atoms with Crippen molar-refractivity contribution in [2.75, 3.05) is 23.7 Å². The number of amides is 3. The second kappa shape index (κ2) is 11.5. The van der Waals surface area contributed by atoms with Crippen molar-refractivity contribution in [3.8, 4) is 16.9 Å². The van der Waals surface area contributed by atoms with Gasteiger partial charge in [-0.3, -0.25) is 4.79 Å². The lowest BCUT2D eigenvalue weighted by Crippen LogP contribution is -2.40. The van der Waals surface area contributed by atoms with Crippen molar-refractivity contribution in [1.82, 2.24) is 14.7 Å². The number of hydrogen-bond acceptors (Lipinski definition) is 3. The van der Waals surface area contributed by atoms with Gasteiger partial charge in [-0.15, -0.1) is 0 Å². The Morgan fingerprint density at radius 3 is 2.38 bits per heavy atom. The van der Waals surface area contributed by atoms with E-state index in [-0.39, 0.29) is 18.5 Å². The van der Waals surface area contributed by atoms with Crippen LogP contribution >= 0.6 is 23.2 Å². The molecule has 0 unspecified atom stereocenters. The molecule has 0 bridgehead atoms. The summed E-state index contributed by atoms with van der Waals surface area (Å²) in [5.74, 6) is 0.0759. The lowest BCUT2D eigenvalue weighted by molar-refractivity contribution is -0.116. The van der Waals surface area contributed by atoms with Crippen LogP contribution in [0.15, 0.2) is 72.8 Å². The largest absolute Gasteiger partial charge is 0.322 e. The highest BCUT2D eigenvalue weighted by Gasteiger charge is 2.19. The maximum absolute atomic E-state index is 13.1. The maximum Gasteiger partial charge on any atom is 0.322 e. The second-order valence-electron chi connectivity index (χ2n) is 8.53. The van der Waals surface area contributed by atoms with E-state index in [1.54, 1.807) is 28.9 Å². The number of nitrogens with one attached hydrogen (secondary N) is 2. The van der Waals surface area contributed by atoms with E-state index in [9.17, 15) is 9.59 Å². The van der Waals surface area contributed by atoms with Gasteiger partial charge < -0.3 is 15.5 Å². The van der Waals surface area contributed by atoms with Crippen molar-refractivity contribution in [1.29, 1.82) is 0 Å². The molecule has 0 saturated carbocycles. The molecule has 4 aromatic rings. The summed E-state index contributed by atoms with van der Waals surface area (Å²) in [6.45, 7) is 5.97. The number of urea groups is 1. The number of nitrogens with zero attached hydrogens (tertiary/aromatic N) is 3. The number of benzene rings is 3. The first-order valence-electron chi connectivity index (χ1n) is 11.8. The quantitative estimate of drug-likeness (QED) is 0.268. The van der Waals surface area contributed by atoms with Crippen LogP contribution in [0, 0.1) is 13.8 Å². The smallest absolute Gasteiger partial charge is 0.315 e. The van der Waals surface area contributed by atoms with E-state index in [0.717, 1.165) is 16.7 Å². The Morgan fingerprint density at radius 1 is 0.919 bits per heavy atom. The third-order valence-corrected chi connectivity index (χ3v) is 6.78. The molecule has 0 radical (unpaired) electrons. The zero-order chi connectivity index (χ0) is 26.5. The van der Waals surface area contributed by atoms with Crippen LogP contribution in [-0.4, -0.2) is 39.7 Å². The van der Waals surface area contributed by atoms with E-state index >= 15 is 0 Å². The molecule has 0 aliphatic rings. The minimum atomic E-state index is -0.362. The average molecular weight is 536 g/mol. The number of likely N-dealkylation sites (N-methyl/N-ethyl adjacent to an activating group) is 1. The molecule has 1 heterocycles. The third kappa shape index (κ3) is 6.13. The number of hydrogen-bond donors (Lipinski definition) is 2. The Hall–Kier alpha value is -3.81. The Balaban J connectivity index is 1.56. The zero-order valence-corrected chi connectivity index (χ0v) is 22.3. The molecule has 37 heavy (non-hydrogen) atoms. The molecule has 0 atom stereocenters. The molecule has 0 spiro atoms. The van der Waals surface area contributed by atoms with Gasteiger partial charge in [0.2, 0.25) is 5.91 Å². The summed E-state index contributed by atoms with van der Waals surface area (Å²) in [5, 5.41) is 11.3. The van der Waals surface area contributed by atoms with Crippen molar-refractivity contribution in [3.63, 3.8) is 0 Å². The lowest BCUT2D eigenvalue weighted by Gasteiger charge is -2.22. The molecule has 0 aliphatic heterocycles. The number of aromatic nitrogens is 2. The highest BCUT2D eigenvalue weighted by molar-refractivity contribution is 6.42. The van der Waals surface area contributed by atoms with E-state index in [1.807, 2.05) is 69.3 Å². The van der Waals surface area contributed by atoms with Crippen molar-refractivity contribution in [3.05, 3.63) is 94.0 Å². The molecule has 0 saturated heterocycles. The van der Waals surface area contributed by atoms with Gasteiger partial charge in [0.15, 0.2) is 0 Å². The van der Waals surface area contributed by atoms with Crippen LogP contribution in [0.3, 0.4) is 0 Å². The number of aryl methyl sites for hydroxylation is 1. The summed E-state index contributed by atoms with van der Waals surface area (Å²) in [6, 6.07) is 21.9. The topological polar surface area (TPSA) is 79.3 Å². The van der Waals surface area contributed by atoms with Crippen LogP contribution in [0.25, 0.3) is 16.9 Å². The minimum absolute atomic E-state index is 0.138. The molecule has 3 aromatic carbocycles. The number of rotatable bonds is 7.